The monoisotopic (exact) mass is 296 g/mol. The Labute approximate surface area is 132 Å². The highest BCUT2D eigenvalue weighted by Crippen LogP contribution is 2.63. The lowest BCUT2D eigenvalue weighted by atomic mass is 9.58. The van der Waals surface area contributed by atoms with Crippen LogP contribution >= 0.6 is 0 Å². The van der Waals surface area contributed by atoms with E-state index in [0.29, 0.717) is 11.1 Å². The minimum absolute atomic E-state index is 0.152. The summed E-state index contributed by atoms with van der Waals surface area (Å²) in [6, 6.07) is 8.10. The van der Waals surface area contributed by atoms with Crippen molar-refractivity contribution in [2.24, 2.45) is 0 Å². The van der Waals surface area contributed by atoms with E-state index in [1.165, 1.54) is 22.1 Å². The third-order valence-electron chi connectivity index (χ3n) is 6.13. The first-order chi connectivity index (χ1) is 11.1. The zero-order valence-electron chi connectivity index (χ0n) is 12.5. The molecule has 0 aliphatic heterocycles. The SMILES string of the molecule is CC12C3=CC=C4C=Cc5ccc6ccc(c1c6c5C42)C(=O)C3=O. The van der Waals surface area contributed by atoms with Crippen molar-refractivity contribution in [1.82, 2.24) is 0 Å². The summed E-state index contributed by atoms with van der Waals surface area (Å²) < 4.78 is 0. The van der Waals surface area contributed by atoms with Gasteiger partial charge in [-0.2, -0.15) is 0 Å². The Hall–Kier alpha value is -2.74. The molecule has 2 unspecified atom stereocenters. The molecule has 2 nitrogen and oxygen atoms in total. The largest absolute Gasteiger partial charge is 0.285 e. The summed E-state index contributed by atoms with van der Waals surface area (Å²) in [5.41, 5.74) is 5.67. The van der Waals surface area contributed by atoms with Gasteiger partial charge in [0.2, 0.25) is 11.6 Å². The first-order valence-corrected chi connectivity index (χ1v) is 7.92. The van der Waals surface area contributed by atoms with Crippen LogP contribution in [0.5, 0.6) is 0 Å². The number of benzene rings is 2. The van der Waals surface area contributed by atoms with E-state index < -0.39 is 5.41 Å². The number of allylic oxidation sites excluding steroid dienone is 5. The third kappa shape index (κ3) is 1.01. The van der Waals surface area contributed by atoms with Gasteiger partial charge >= 0.3 is 0 Å². The summed E-state index contributed by atoms with van der Waals surface area (Å²) >= 11 is 0. The molecule has 0 N–H and O–H groups in total. The van der Waals surface area contributed by atoms with Crippen LogP contribution in [-0.4, -0.2) is 11.6 Å². The zero-order valence-corrected chi connectivity index (χ0v) is 12.5. The highest BCUT2D eigenvalue weighted by molar-refractivity contribution is 6.52. The summed E-state index contributed by atoms with van der Waals surface area (Å²) in [6.07, 6.45) is 8.20. The number of ketones is 2. The summed E-state index contributed by atoms with van der Waals surface area (Å²) in [5, 5.41) is 2.35. The molecule has 4 aliphatic carbocycles. The molecule has 2 heteroatoms. The predicted molar refractivity (Wildman–Crippen MR) is 88.6 cm³/mol. The van der Waals surface area contributed by atoms with Crippen LogP contribution in [0.1, 0.15) is 39.9 Å². The number of carbonyl (C=O) groups is 2. The standard InChI is InChI=1S/C21H12O2/c1-21-14-9-7-12-5-4-10-2-3-11-6-8-13(19(22)20(14)23)18(21)16(11)15(10)17(12)21/h2-9,17H,1H3. The zero-order chi connectivity index (χ0) is 15.5. The average Bonchev–Trinajstić information content (AvgIpc) is 2.86. The molecule has 0 spiro atoms. The minimum Gasteiger partial charge on any atom is -0.285 e. The number of carbonyl (C=O) groups excluding carboxylic acids is 2. The van der Waals surface area contributed by atoms with E-state index in [0.717, 1.165) is 10.9 Å². The maximum Gasteiger partial charge on any atom is 0.233 e. The van der Waals surface area contributed by atoms with E-state index in [1.807, 2.05) is 24.3 Å². The van der Waals surface area contributed by atoms with Gasteiger partial charge in [-0.05, 0) is 39.1 Å². The van der Waals surface area contributed by atoms with Gasteiger partial charge in [-0.1, -0.05) is 49.4 Å². The minimum atomic E-state index is -0.410. The lowest BCUT2D eigenvalue weighted by molar-refractivity contribution is -0.112. The second-order valence-electron chi connectivity index (χ2n) is 7.03. The smallest absolute Gasteiger partial charge is 0.233 e. The van der Waals surface area contributed by atoms with Gasteiger partial charge in [-0.25, -0.2) is 0 Å². The first kappa shape index (κ1) is 11.8. The first-order valence-electron chi connectivity index (χ1n) is 7.92. The molecule has 0 bridgehead atoms. The molecule has 4 aliphatic rings. The van der Waals surface area contributed by atoms with E-state index in [-0.39, 0.29) is 17.5 Å². The quantitative estimate of drug-likeness (QED) is 0.692. The summed E-state index contributed by atoms with van der Waals surface area (Å²) in [6.45, 7) is 2.14. The van der Waals surface area contributed by atoms with E-state index >= 15 is 0 Å². The fourth-order valence-corrected chi connectivity index (χ4v) is 5.21. The van der Waals surface area contributed by atoms with Crippen molar-refractivity contribution < 1.29 is 9.59 Å². The maximum absolute atomic E-state index is 12.7. The van der Waals surface area contributed by atoms with Crippen LogP contribution in [-0.2, 0) is 10.2 Å². The van der Waals surface area contributed by atoms with E-state index in [2.05, 4.69) is 31.2 Å². The molecule has 0 heterocycles. The molecule has 2 aromatic carbocycles. The molecule has 2 atom stereocenters. The molecule has 0 fully saturated rings. The molecule has 6 rings (SSSR count). The van der Waals surface area contributed by atoms with Gasteiger partial charge in [-0.15, -0.1) is 0 Å². The Balaban J connectivity index is 1.96. The van der Waals surface area contributed by atoms with Crippen molar-refractivity contribution in [3.8, 4) is 0 Å². The van der Waals surface area contributed by atoms with Gasteiger partial charge < -0.3 is 0 Å². The van der Waals surface area contributed by atoms with Crippen molar-refractivity contribution in [2.75, 3.05) is 0 Å². The molecular formula is C21H12O2. The van der Waals surface area contributed by atoms with Crippen LogP contribution in [0.4, 0.5) is 0 Å². The average molecular weight is 296 g/mol. The summed E-state index contributed by atoms with van der Waals surface area (Å²) in [4.78, 5) is 25.3. The van der Waals surface area contributed by atoms with Gasteiger partial charge in [0.15, 0.2) is 0 Å². The van der Waals surface area contributed by atoms with Gasteiger partial charge in [0.1, 0.15) is 0 Å². The number of rotatable bonds is 0. The van der Waals surface area contributed by atoms with Crippen molar-refractivity contribution >= 4 is 28.4 Å². The predicted octanol–water partition coefficient (Wildman–Crippen LogP) is 3.85. The maximum atomic E-state index is 12.7. The van der Waals surface area contributed by atoms with Crippen LogP contribution in [0.3, 0.4) is 0 Å². The highest BCUT2D eigenvalue weighted by Gasteiger charge is 2.57. The fraction of sp³-hybridized carbons (Fsp3) is 0.143. The van der Waals surface area contributed by atoms with E-state index in [4.69, 9.17) is 0 Å². The highest BCUT2D eigenvalue weighted by atomic mass is 16.2. The Bertz CT molecular complexity index is 1110. The molecule has 0 saturated carbocycles. The van der Waals surface area contributed by atoms with Crippen LogP contribution in [0.15, 0.2) is 53.6 Å². The third-order valence-corrected chi connectivity index (χ3v) is 6.13. The van der Waals surface area contributed by atoms with E-state index in [9.17, 15) is 9.59 Å². The van der Waals surface area contributed by atoms with E-state index in [1.54, 1.807) is 0 Å². The van der Waals surface area contributed by atoms with Crippen molar-refractivity contribution in [3.05, 3.63) is 75.9 Å². The number of hydrogen-bond donors (Lipinski definition) is 0. The second-order valence-corrected chi connectivity index (χ2v) is 7.03. The molecule has 0 saturated heterocycles. The van der Waals surface area contributed by atoms with Crippen LogP contribution < -0.4 is 0 Å². The summed E-state index contributed by atoms with van der Waals surface area (Å²) in [5.74, 6) is -0.537. The van der Waals surface area contributed by atoms with Crippen molar-refractivity contribution in [3.63, 3.8) is 0 Å². The lowest BCUT2D eigenvalue weighted by Crippen LogP contribution is -2.43. The van der Waals surface area contributed by atoms with Gasteiger partial charge in [0.25, 0.3) is 0 Å². The Morgan fingerprint density at radius 1 is 0.957 bits per heavy atom. The van der Waals surface area contributed by atoms with Gasteiger partial charge in [0.05, 0.1) is 0 Å². The molecule has 23 heavy (non-hydrogen) atoms. The van der Waals surface area contributed by atoms with Crippen LogP contribution in [0.2, 0.25) is 0 Å². The Morgan fingerprint density at radius 3 is 2.65 bits per heavy atom. The molecular weight excluding hydrogens is 284 g/mol. The Kier molecular flexibility index (Phi) is 1.68. The Morgan fingerprint density at radius 2 is 1.78 bits per heavy atom. The molecule has 0 radical (unpaired) electrons. The number of hydrogen-bond acceptors (Lipinski definition) is 2. The van der Waals surface area contributed by atoms with Gasteiger partial charge in [0, 0.05) is 22.5 Å². The normalized spacial score (nSPS) is 28.5. The van der Waals surface area contributed by atoms with Crippen LogP contribution in [0.25, 0.3) is 16.8 Å². The second kappa shape index (κ2) is 3.28. The number of Topliss-reactive ketones (excluding diaryl/α,β-unsaturated/α-hetero) is 2. The van der Waals surface area contributed by atoms with Crippen LogP contribution in [0, 0.1) is 0 Å². The summed E-state index contributed by atoms with van der Waals surface area (Å²) in [7, 11) is 0. The van der Waals surface area contributed by atoms with Gasteiger partial charge in [-0.3, -0.25) is 9.59 Å². The van der Waals surface area contributed by atoms with Crippen molar-refractivity contribution in [1.29, 1.82) is 0 Å². The molecule has 2 aromatic rings. The topological polar surface area (TPSA) is 34.1 Å². The molecule has 0 amide bonds. The molecule has 0 aromatic heterocycles. The fourth-order valence-electron chi connectivity index (χ4n) is 5.21. The van der Waals surface area contributed by atoms with Crippen molar-refractivity contribution in [2.45, 2.75) is 18.3 Å². The lowest BCUT2D eigenvalue weighted by Gasteiger charge is -2.42. The molecule has 108 valence electrons.